The minimum atomic E-state index is -0.774. The molecule has 6 nitrogen and oxygen atoms in total. The lowest BCUT2D eigenvalue weighted by Crippen LogP contribution is -2.30. The standard InChI is InChI=1S/C70H124O6/c1-4-7-10-13-16-18-20-22-24-26-28-29-30-31-32-33-34-35-36-37-38-39-40-41-42-44-45-47-49-51-54-57-60-63-69(72)75-66-67(65-74-68(71)62-59-56-53-15-12-9-6-3)76-70(73)64-61-58-55-52-50-48-46-43-27-25-23-21-19-17-14-11-8-5-2/h7,10,16,18-19,21-22,24-25,27-29,67H,4-6,8-9,11-15,17,20,23,26,30-66H2,1-3H3/b10-7-,18-16-,21-19-,24-22-,27-25-,29-28-. The number of ether oxygens (including phenoxy) is 3. The third-order valence-electron chi connectivity index (χ3n) is 14.4. The fraction of sp³-hybridized carbons (Fsp3) is 0.786. The minimum absolute atomic E-state index is 0.0738. The first-order valence-corrected chi connectivity index (χ1v) is 32.9. The summed E-state index contributed by atoms with van der Waals surface area (Å²) in [4.78, 5) is 38.1. The van der Waals surface area contributed by atoms with Gasteiger partial charge in [-0.1, -0.05) is 299 Å². The molecule has 440 valence electrons. The fourth-order valence-electron chi connectivity index (χ4n) is 9.53. The van der Waals surface area contributed by atoms with E-state index in [-0.39, 0.29) is 31.1 Å². The summed E-state index contributed by atoms with van der Waals surface area (Å²) in [5.74, 6) is -0.872. The summed E-state index contributed by atoms with van der Waals surface area (Å²) in [6.45, 7) is 6.50. The first kappa shape index (κ1) is 72.8. The second kappa shape index (κ2) is 64.4. The monoisotopic (exact) mass is 1060 g/mol. The summed E-state index contributed by atoms with van der Waals surface area (Å²) in [6, 6.07) is 0. The number of allylic oxidation sites excluding steroid dienone is 12. The zero-order valence-electron chi connectivity index (χ0n) is 50.5. The summed E-state index contributed by atoms with van der Waals surface area (Å²) in [6.07, 6.45) is 83.8. The molecule has 0 N–H and O–H groups in total. The van der Waals surface area contributed by atoms with Crippen LogP contribution in [0.15, 0.2) is 72.9 Å². The molecule has 76 heavy (non-hydrogen) atoms. The van der Waals surface area contributed by atoms with Gasteiger partial charge in [-0.25, -0.2) is 0 Å². The SMILES string of the molecule is CC/C=C\C/C=C\C/C=C\C/C=C\CCCCCCCCCCCCCCCCCCCCCCC(=O)OCC(COC(=O)CCCCCCCCC)OC(=O)CCCCCCCCC/C=C\C/C=C\CCCCCC. The Hall–Kier alpha value is -3.15. The van der Waals surface area contributed by atoms with Crippen molar-refractivity contribution in [3.8, 4) is 0 Å². The van der Waals surface area contributed by atoms with E-state index in [9.17, 15) is 14.4 Å². The van der Waals surface area contributed by atoms with Crippen LogP contribution in [0.1, 0.15) is 335 Å². The molecular formula is C70H124O6. The van der Waals surface area contributed by atoms with Crippen molar-refractivity contribution < 1.29 is 28.6 Å². The highest BCUT2D eigenvalue weighted by Gasteiger charge is 2.19. The normalized spacial score (nSPS) is 12.5. The predicted octanol–water partition coefficient (Wildman–Crippen LogP) is 22.5. The highest BCUT2D eigenvalue weighted by molar-refractivity contribution is 5.71. The molecule has 0 spiro atoms. The predicted molar refractivity (Wildman–Crippen MR) is 330 cm³/mol. The van der Waals surface area contributed by atoms with Gasteiger partial charge in [-0.2, -0.15) is 0 Å². The van der Waals surface area contributed by atoms with E-state index in [1.165, 1.54) is 199 Å². The van der Waals surface area contributed by atoms with Crippen LogP contribution in [-0.4, -0.2) is 37.2 Å². The van der Waals surface area contributed by atoms with Crippen LogP contribution >= 0.6 is 0 Å². The van der Waals surface area contributed by atoms with E-state index in [1.807, 2.05) is 0 Å². The molecule has 0 heterocycles. The van der Waals surface area contributed by atoms with Crippen LogP contribution in [0.3, 0.4) is 0 Å². The Morgan fingerprint density at radius 3 is 0.816 bits per heavy atom. The van der Waals surface area contributed by atoms with E-state index < -0.39 is 6.10 Å². The van der Waals surface area contributed by atoms with E-state index in [4.69, 9.17) is 14.2 Å². The average Bonchev–Trinajstić information content (AvgIpc) is 3.42. The molecular weight excluding hydrogens is 937 g/mol. The molecule has 0 saturated heterocycles. The maximum Gasteiger partial charge on any atom is 0.306 e. The molecule has 0 aliphatic rings. The molecule has 0 fully saturated rings. The van der Waals surface area contributed by atoms with Crippen molar-refractivity contribution in [3.05, 3.63) is 72.9 Å². The molecule has 0 aliphatic heterocycles. The zero-order chi connectivity index (χ0) is 55.0. The highest BCUT2D eigenvalue weighted by atomic mass is 16.6. The van der Waals surface area contributed by atoms with E-state index in [2.05, 4.69) is 93.7 Å². The zero-order valence-corrected chi connectivity index (χ0v) is 50.5. The first-order valence-electron chi connectivity index (χ1n) is 32.9. The molecule has 0 aromatic rings. The number of rotatable bonds is 60. The number of hydrogen-bond donors (Lipinski definition) is 0. The van der Waals surface area contributed by atoms with Crippen molar-refractivity contribution in [2.24, 2.45) is 0 Å². The van der Waals surface area contributed by atoms with E-state index in [0.717, 1.165) is 96.3 Å². The smallest absolute Gasteiger partial charge is 0.306 e. The van der Waals surface area contributed by atoms with Gasteiger partial charge in [-0.15, -0.1) is 0 Å². The Morgan fingerprint density at radius 1 is 0.276 bits per heavy atom. The molecule has 0 aromatic carbocycles. The third-order valence-corrected chi connectivity index (χ3v) is 14.4. The van der Waals surface area contributed by atoms with Crippen LogP contribution in [0.25, 0.3) is 0 Å². The van der Waals surface area contributed by atoms with Crippen molar-refractivity contribution in [1.82, 2.24) is 0 Å². The van der Waals surface area contributed by atoms with Gasteiger partial charge in [0.05, 0.1) is 0 Å². The summed E-state index contributed by atoms with van der Waals surface area (Å²) in [7, 11) is 0. The number of carbonyl (C=O) groups excluding carboxylic acids is 3. The molecule has 1 unspecified atom stereocenters. The fourth-order valence-corrected chi connectivity index (χ4v) is 9.53. The largest absolute Gasteiger partial charge is 0.462 e. The molecule has 0 radical (unpaired) electrons. The van der Waals surface area contributed by atoms with Gasteiger partial charge in [0, 0.05) is 19.3 Å². The van der Waals surface area contributed by atoms with Crippen LogP contribution in [-0.2, 0) is 28.6 Å². The third kappa shape index (κ3) is 61.7. The van der Waals surface area contributed by atoms with E-state index in [0.29, 0.717) is 19.3 Å². The molecule has 0 bridgehead atoms. The Kier molecular flexibility index (Phi) is 61.7. The molecule has 0 amide bonds. The lowest BCUT2D eigenvalue weighted by Gasteiger charge is -2.18. The maximum absolute atomic E-state index is 12.8. The minimum Gasteiger partial charge on any atom is -0.462 e. The van der Waals surface area contributed by atoms with Gasteiger partial charge in [-0.05, 0) is 89.9 Å². The second-order valence-electron chi connectivity index (χ2n) is 22.0. The molecule has 0 rings (SSSR count). The van der Waals surface area contributed by atoms with Crippen LogP contribution < -0.4 is 0 Å². The number of unbranched alkanes of at least 4 members (excludes halogenated alkanes) is 37. The van der Waals surface area contributed by atoms with Crippen molar-refractivity contribution in [3.63, 3.8) is 0 Å². The van der Waals surface area contributed by atoms with Gasteiger partial charge in [0.25, 0.3) is 0 Å². The van der Waals surface area contributed by atoms with Crippen molar-refractivity contribution >= 4 is 17.9 Å². The molecule has 0 aromatic heterocycles. The lowest BCUT2D eigenvalue weighted by atomic mass is 10.0. The number of carbonyl (C=O) groups is 3. The quantitative estimate of drug-likeness (QED) is 0.0261. The van der Waals surface area contributed by atoms with E-state index in [1.54, 1.807) is 0 Å². The number of hydrogen-bond acceptors (Lipinski definition) is 6. The Morgan fingerprint density at radius 2 is 0.513 bits per heavy atom. The van der Waals surface area contributed by atoms with Gasteiger partial charge >= 0.3 is 17.9 Å². The summed E-state index contributed by atoms with van der Waals surface area (Å²) < 4.78 is 16.8. The summed E-state index contributed by atoms with van der Waals surface area (Å²) >= 11 is 0. The van der Waals surface area contributed by atoms with Gasteiger partial charge in [-0.3, -0.25) is 14.4 Å². The summed E-state index contributed by atoms with van der Waals surface area (Å²) in [5.41, 5.74) is 0. The summed E-state index contributed by atoms with van der Waals surface area (Å²) in [5, 5.41) is 0. The average molecular weight is 1060 g/mol. The topological polar surface area (TPSA) is 78.9 Å². The van der Waals surface area contributed by atoms with Crippen LogP contribution in [0.2, 0.25) is 0 Å². The Bertz CT molecular complexity index is 1400. The lowest BCUT2D eigenvalue weighted by molar-refractivity contribution is -0.167. The molecule has 1 atom stereocenters. The van der Waals surface area contributed by atoms with Gasteiger partial charge in [0.15, 0.2) is 6.10 Å². The first-order chi connectivity index (χ1) is 37.5. The van der Waals surface area contributed by atoms with Gasteiger partial charge in [0.1, 0.15) is 13.2 Å². The van der Waals surface area contributed by atoms with E-state index >= 15 is 0 Å². The second-order valence-corrected chi connectivity index (χ2v) is 22.0. The molecule has 0 aliphatic carbocycles. The Labute approximate surface area is 472 Å². The van der Waals surface area contributed by atoms with Crippen molar-refractivity contribution in [2.75, 3.05) is 13.2 Å². The van der Waals surface area contributed by atoms with Gasteiger partial charge < -0.3 is 14.2 Å². The highest BCUT2D eigenvalue weighted by Crippen LogP contribution is 2.17. The van der Waals surface area contributed by atoms with Gasteiger partial charge in [0.2, 0.25) is 0 Å². The van der Waals surface area contributed by atoms with Crippen molar-refractivity contribution in [1.29, 1.82) is 0 Å². The number of esters is 3. The molecule has 6 heteroatoms. The Balaban J connectivity index is 4.00. The van der Waals surface area contributed by atoms with Crippen LogP contribution in [0, 0.1) is 0 Å². The molecule has 0 saturated carbocycles. The maximum atomic E-state index is 12.8. The van der Waals surface area contributed by atoms with Crippen molar-refractivity contribution in [2.45, 2.75) is 341 Å². The van der Waals surface area contributed by atoms with Crippen LogP contribution in [0.5, 0.6) is 0 Å². The van der Waals surface area contributed by atoms with Crippen LogP contribution in [0.4, 0.5) is 0 Å².